The molecular weight excluding hydrogens is 287 g/mol. The summed E-state index contributed by atoms with van der Waals surface area (Å²) in [5.74, 6) is -0.314. The maximum atomic E-state index is 12.7. The molecule has 2 aromatic rings. The van der Waals surface area contributed by atoms with Gasteiger partial charge in [0.1, 0.15) is 11.0 Å². The third-order valence-electron chi connectivity index (χ3n) is 2.06. The summed E-state index contributed by atoms with van der Waals surface area (Å²) >= 11 is 5.77. The van der Waals surface area contributed by atoms with Crippen molar-refractivity contribution < 1.29 is 4.39 Å². The van der Waals surface area contributed by atoms with Crippen molar-refractivity contribution in [3.8, 4) is 17.3 Å². The Kier molecular flexibility index (Phi) is 9.83. The van der Waals surface area contributed by atoms with Gasteiger partial charge >= 0.3 is 0 Å². The first kappa shape index (κ1) is 19.1. The van der Waals surface area contributed by atoms with Crippen molar-refractivity contribution in [3.63, 3.8) is 0 Å². The number of nitrogens with zero attached hydrogens (tertiary/aromatic N) is 2. The normalized spacial score (nSPS) is 8.62. The lowest BCUT2D eigenvalue weighted by Crippen LogP contribution is -1.87. The van der Waals surface area contributed by atoms with Crippen molar-refractivity contribution >= 4 is 11.6 Å². The van der Waals surface area contributed by atoms with Crippen molar-refractivity contribution in [1.29, 1.82) is 5.26 Å². The zero-order valence-corrected chi connectivity index (χ0v) is 13.6. The van der Waals surface area contributed by atoms with E-state index in [1.165, 1.54) is 24.6 Å². The van der Waals surface area contributed by atoms with E-state index in [4.69, 9.17) is 16.9 Å². The van der Waals surface area contributed by atoms with Crippen molar-refractivity contribution in [2.75, 3.05) is 0 Å². The van der Waals surface area contributed by atoms with E-state index in [1.54, 1.807) is 18.2 Å². The topological polar surface area (TPSA) is 36.7 Å². The predicted molar refractivity (Wildman–Crippen MR) is 86.7 cm³/mol. The zero-order valence-electron chi connectivity index (χ0n) is 12.8. The maximum Gasteiger partial charge on any atom is 0.131 e. The van der Waals surface area contributed by atoms with Crippen LogP contribution in [0.25, 0.3) is 11.3 Å². The van der Waals surface area contributed by atoms with E-state index in [1.807, 2.05) is 19.9 Å². The Balaban J connectivity index is 0.000000713. The van der Waals surface area contributed by atoms with Crippen LogP contribution in [-0.2, 0) is 0 Å². The molecule has 1 aromatic carbocycles. The minimum atomic E-state index is -0.314. The molecule has 4 heteroatoms. The summed E-state index contributed by atoms with van der Waals surface area (Å²) < 4.78 is 12.7. The van der Waals surface area contributed by atoms with Crippen molar-refractivity contribution in [2.45, 2.75) is 34.1 Å². The summed E-state index contributed by atoms with van der Waals surface area (Å²) in [6.07, 6.45) is 1.25. The van der Waals surface area contributed by atoms with Crippen LogP contribution in [0.4, 0.5) is 4.39 Å². The number of nitriles is 1. The SMILES string of the molecule is CC.CCC.N#Cc1cc(Cl)nc(-c2ccc(F)cc2)c1. The quantitative estimate of drug-likeness (QED) is 0.619. The highest BCUT2D eigenvalue weighted by Gasteiger charge is 2.03. The Morgan fingerprint density at radius 1 is 1.14 bits per heavy atom. The van der Waals surface area contributed by atoms with E-state index < -0.39 is 0 Å². The summed E-state index contributed by atoms with van der Waals surface area (Å²) in [4.78, 5) is 4.07. The second kappa shape index (κ2) is 10.8. The summed E-state index contributed by atoms with van der Waals surface area (Å²) in [7, 11) is 0. The molecule has 0 amide bonds. The van der Waals surface area contributed by atoms with Crippen LogP contribution < -0.4 is 0 Å². The minimum absolute atomic E-state index is 0.248. The largest absolute Gasteiger partial charge is 0.236 e. The Bertz CT molecular complexity index is 574. The number of aromatic nitrogens is 1. The molecule has 0 N–H and O–H groups in total. The molecule has 0 spiro atoms. The van der Waals surface area contributed by atoms with Gasteiger partial charge in [-0.2, -0.15) is 5.26 Å². The van der Waals surface area contributed by atoms with Gasteiger partial charge in [0.05, 0.1) is 17.3 Å². The second-order valence-electron chi connectivity index (χ2n) is 3.89. The lowest BCUT2D eigenvalue weighted by atomic mass is 10.1. The zero-order chi connectivity index (χ0) is 16.3. The number of benzene rings is 1. The van der Waals surface area contributed by atoms with Crippen LogP contribution >= 0.6 is 11.6 Å². The molecule has 0 aliphatic heterocycles. The van der Waals surface area contributed by atoms with Gasteiger partial charge in [0.25, 0.3) is 0 Å². The van der Waals surface area contributed by atoms with Gasteiger partial charge < -0.3 is 0 Å². The van der Waals surface area contributed by atoms with Crippen molar-refractivity contribution in [2.24, 2.45) is 0 Å². The van der Waals surface area contributed by atoms with Crippen molar-refractivity contribution in [1.82, 2.24) is 4.98 Å². The first-order chi connectivity index (χ1) is 10.1. The molecule has 112 valence electrons. The van der Waals surface area contributed by atoms with Crippen molar-refractivity contribution in [3.05, 3.63) is 52.9 Å². The molecule has 0 radical (unpaired) electrons. The van der Waals surface area contributed by atoms with E-state index in [-0.39, 0.29) is 11.0 Å². The van der Waals surface area contributed by atoms with E-state index in [0.29, 0.717) is 11.3 Å². The van der Waals surface area contributed by atoms with Crippen LogP contribution in [0.2, 0.25) is 5.15 Å². The van der Waals surface area contributed by atoms with E-state index in [9.17, 15) is 4.39 Å². The van der Waals surface area contributed by atoms with E-state index in [0.717, 1.165) is 5.56 Å². The molecule has 0 atom stereocenters. The van der Waals surface area contributed by atoms with E-state index in [2.05, 4.69) is 18.8 Å². The standard InChI is InChI=1S/C12H6ClFN2.C3H8.C2H6/c13-12-6-8(7-15)5-11(16-12)9-1-3-10(14)4-2-9;1-3-2;1-2/h1-6H;3H2,1-2H3;1-2H3. The number of halogens is 2. The molecular formula is C17H20ClFN2. The molecule has 21 heavy (non-hydrogen) atoms. The number of hydrogen-bond acceptors (Lipinski definition) is 2. The Hall–Kier alpha value is -1.92. The molecule has 0 unspecified atom stereocenters. The summed E-state index contributed by atoms with van der Waals surface area (Å²) in [5, 5.41) is 9.03. The van der Waals surface area contributed by atoms with Gasteiger partial charge in [0, 0.05) is 5.56 Å². The summed E-state index contributed by atoms with van der Waals surface area (Å²) in [5.41, 5.74) is 1.71. The first-order valence-corrected chi connectivity index (χ1v) is 7.32. The van der Waals surface area contributed by atoms with Gasteiger partial charge in [-0.25, -0.2) is 9.37 Å². The van der Waals surface area contributed by atoms with E-state index >= 15 is 0 Å². The van der Waals surface area contributed by atoms with Crippen LogP contribution in [0.1, 0.15) is 39.7 Å². The van der Waals surface area contributed by atoms with Crippen LogP contribution in [0.5, 0.6) is 0 Å². The maximum absolute atomic E-state index is 12.7. The molecule has 0 saturated carbocycles. The van der Waals surface area contributed by atoms with Crippen LogP contribution in [0, 0.1) is 17.1 Å². The van der Waals surface area contributed by atoms with Crippen LogP contribution in [-0.4, -0.2) is 4.98 Å². The fourth-order valence-electron chi connectivity index (χ4n) is 1.33. The second-order valence-corrected chi connectivity index (χ2v) is 4.28. The lowest BCUT2D eigenvalue weighted by molar-refractivity contribution is 0.628. The molecule has 1 heterocycles. The van der Waals surface area contributed by atoms with Gasteiger partial charge in [-0.05, 0) is 36.4 Å². The van der Waals surface area contributed by atoms with Gasteiger partial charge in [0.2, 0.25) is 0 Å². The molecule has 0 aliphatic carbocycles. The highest BCUT2D eigenvalue weighted by atomic mass is 35.5. The lowest BCUT2D eigenvalue weighted by Gasteiger charge is -2.01. The smallest absolute Gasteiger partial charge is 0.131 e. The Labute approximate surface area is 131 Å². The average Bonchev–Trinajstić information content (AvgIpc) is 2.50. The molecule has 0 saturated heterocycles. The predicted octanol–water partition coefficient (Wildman–Crippen LogP) is 5.86. The molecule has 2 rings (SSSR count). The summed E-state index contributed by atoms with van der Waals surface area (Å²) in [6.45, 7) is 8.25. The molecule has 0 bridgehead atoms. The Morgan fingerprint density at radius 2 is 1.67 bits per heavy atom. The van der Waals surface area contributed by atoms with Crippen LogP contribution in [0.3, 0.4) is 0 Å². The Morgan fingerprint density at radius 3 is 2.14 bits per heavy atom. The number of hydrogen-bond donors (Lipinski definition) is 0. The monoisotopic (exact) mass is 306 g/mol. The van der Waals surface area contributed by atoms with Gasteiger partial charge in [-0.15, -0.1) is 0 Å². The van der Waals surface area contributed by atoms with Gasteiger partial charge in [0.15, 0.2) is 0 Å². The fourth-order valence-corrected chi connectivity index (χ4v) is 1.54. The fraction of sp³-hybridized carbons (Fsp3) is 0.294. The molecule has 2 nitrogen and oxygen atoms in total. The average molecular weight is 307 g/mol. The highest BCUT2D eigenvalue weighted by molar-refractivity contribution is 6.29. The highest BCUT2D eigenvalue weighted by Crippen LogP contribution is 2.21. The third kappa shape index (κ3) is 6.87. The van der Waals surface area contributed by atoms with Crippen LogP contribution in [0.15, 0.2) is 36.4 Å². The summed E-state index contributed by atoms with van der Waals surface area (Å²) in [6, 6.07) is 10.9. The molecule has 1 aromatic heterocycles. The molecule has 0 aliphatic rings. The third-order valence-corrected chi connectivity index (χ3v) is 2.26. The van der Waals surface area contributed by atoms with Gasteiger partial charge in [-0.3, -0.25) is 0 Å². The number of rotatable bonds is 1. The minimum Gasteiger partial charge on any atom is -0.236 e. The van der Waals surface area contributed by atoms with Gasteiger partial charge in [-0.1, -0.05) is 45.7 Å². The first-order valence-electron chi connectivity index (χ1n) is 6.94. The number of pyridine rings is 1. The molecule has 0 fully saturated rings.